The second kappa shape index (κ2) is 10.6. The van der Waals surface area contributed by atoms with Crippen LogP contribution in [-0.2, 0) is 9.84 Å². The number of rotatable bonds is 9. The van der Waals surface area contributed by atoms with E-state index < -0.39 is 9.84 Å². The van der Waals surface area contributed by atoms with Gasteiger partial charge < -0.3 is 10.6 Å². The maximum atomic E-state index is 12.8. The summed E-state index contributed by atoms with van der Waals surface area (Å²) in [6.45, 7) is 2.69. The largest absolute Gasteiger partial charge is 0.356 e. The molecule has 0 aromatic heterocycles. The molecule has 0 amide bonds. The molecule has 0 aliphatic rings. The Labute approximate surface area is 148 Å². The predicted octanol–water partition coefficient (Wildman–Crippen LogP) is 2.30. The first kappa shape index (κ1) is 20.8. The van der Waals surface area contributed by atoms with Crippen LogP contribution in [-0.4, -0.2) is 51.8 Å². The zero-order chi connectivity index (χ0) is 18.0. The monoisotopic (exact) mass is 375 g/mol. The molecular weight excluding hydrogens is 349 g/mol. The van der Waals surface area contributed by atoms with Crippen molar-refractivity contribution in [3.8, 4) is 0 Å². The first-order valence-corrected chi connectivity index (χ1v) is 10.9. The zero-order valence-electron chi connectivity index (χ0n) is 14.4. The van der Waals surface area contributed by atoms with Crippen LogP contribution < -0.4 is 10.6 Å². The number of nitrogens with zero attached hydrogens (tertiary/aromatic N) is 1. The van der Waals surface area contributed by atoms with Crippen LogP contribution in [0, 0.1) is 5.82 Å². The van der Waals surface area contributed by atoms with E-state index in [1.165, 1.54) is 18.4 Å². The summed E-state index contributed by atoms with van der Waals surface area (Å²) in [6.07, 6.45) is 2.71. The van der Waals surface area contributed by atoms with E-state index in [9.17, 15) is 12.8 Å². The van der Waals surface area contributed by atoms with Gasteiger partial charge in [-0.05, 0) is 49.8 Å². The molecule has 0 saturated carbocycles. The number of halogens is 1. The van der Waals surface area contributed by atoms with Crippen LogP contribution in [0.2, 0.25) is 0 Å². The van der Waals surface area contributed by atoms with Crippen molar-refractivity contribution in [1.82, 2.24) is 10.6 Å². The molecule has 0 heterocycles. The highest BCUT2D eigenvalue weighted by atomic mass is 32.2. The van der Waals surface area contributed by atoms with E-state index in [1.807, 2.05) is 6.92 Å². The minimum absolute atomic E-state index is 0.0273. The zero-order valence-corrected chi connectivity index (χ0v) is 16.0. The molecule has 0 radical (unpaired) electrons. The Morgan fingerprint density at radius 1 is 1.33 bits per heavy atom. The fourth-order valence-corrected chi connectivity index (χ4v) is 3.53. The molecule has 1 rings (SSSR count). The maximum Gasteiger partial charge on any atom is 0.191 e. The fourth-order valence-electron chi connectivity index (χ4n) is 1.89. The van der Waals surface area contributed by atoms with Gasteiger partial charge in [0.25, 0.3) is 0 Å². The Kier molecular flexibility index (Phi) is 9.13. The number of thioether (sulfide) groups is 1. The molecular formula is C16H26FN3O2S2. The van der Waals surface area contributed by atoms with Gasteiger partial charge in [0.15, 0.2) is 5.96 Å². The quantitative estimate of drug-likeness (QED) is 0.300. The van der Waals surface area contributed by atoms with Gasteiger partial charge in [0, 0.05) is 30.8 Å². The van der Waals surface area contributed by atoms with Gasteiger partial charge in [0.05, 0.1) is 5.75 Å². The number of guanidine groups is 1. The van der Waals surface area contributed by atoms with Gasteiger partial charge in [-0.25, -0.2) is 12.8 Å². The van der Waals surface area contributed by atoms with E-state index in [2.05, 4.69) is 15.6 Å². The van der Waals surface area contributed by atoms with E-state index in [0.29, 0.717) is 12.4 Å². The first-order valence-electron chi connectivity index (χ1n) is 7.83. The topological polar surface area (TPSA) is 70.6 Å². The summed E-state index contributed by atoms with van der Waals surface area (Å²) in [6, 6.07) is 6.50. The second-order valence-electron chi connectivity index (χ2n) is 5.62. The summed E-state index contributed by atoms with van der Waals surface area (Å²) in [5.41, 5.74) is 0. The minimum atomic E-state index is -2.94. The summed E-state index contributed by atoms with van der Waals surface area (Å²) >= 11 is 1.68. The molecule has 0 aliphatic heterocycles. The molecule has 0 spiro atoms. The average Bonchev–Trinajstić information content (AvgIpc) is 2.52. The predicted molar refractivity (Wildman–Crippen MR) is 100 cm³/mol. The normalized spacial score (nSPS) is 13.6. The van der Waals surface area contributed by atoms with Crippen LogP contribution in [0.1, 0.15) is 19.8 Å². The van der Waals surface area contributed by atoms with Crippen molar-refractivity contribution >= 4 is 27.6 Å². The van der Waals surface area contributed by atoms with Crippen LogP contribution in [0.3, 0.4) is 0 Å². The lowest BCUT2D eigenvalue weighted by atomic mass is 10.3. The van der Waals surface area contributed by atoms with Gasteiger partial charge in [-0.1, -0.05) is 0 Å². The van der Waals surface area contributed by atoms with Crippen molar-refractivity contribution < 1.29 is 12.8 Å². The molecule has 1 aromatic carbocycles. The van der Waals surface area contributed by atoms with Gasteiger partial charge in [0.1, 0.15) is 15.7 Å². The van der Waals surface area contributed by atoms with E-state index in [0.717, 1.165) is 23.6 Å². The smallest absolute Gasteiger partial charge is 0.191 e. The Balaban J connectivity index is 2.20. The lowest BCUT2D eigenvalue weighted by molar-refractivity contribution is 0.581. The third-order valence-electron chi connectivity index (χ3n) is 3.22. The van der Waals surface area contributed by atoms with Crippen molar-refractivity contribution in [1.29, 1.82) is 0 Å². The number of benzene rings is 1. The first-order chi connectivity index (χ1) is 11.3. The Morgan fingerprint density at radius 3 is 2.58 bits per heavy atom. The van der Waals surface area contributed by atoms with Gasteiger partial charge in [-0.15, -0.1) is 11.8 Å². The highest BCUT2D eigenvalue weighted by Gasteiger charge is 2.09. The number of nitrogens with one attached hydrogen (secondary N) is 2. The molecule has 0 bridgehead atoms. The molecule has 0 saturated heterocycles. The molecule has 24 heavy (non-hydrogen) atoms. The third kappa shape index (κ3) is 9.77. The molecule has 1 aromatic rings. The average molecular weight is 376 g/mol. The van der Waals surface area contributed by atoms with Gasteiger partial charge >= 0.3 is 0 Å². The van der Waals surface area contributed by atoms with Crippen LogP contribution in [0.15, 0.2) is 34.2 Å². The molecule has 136 valence electrons. The summed E-state index contributed by atoms with van der Waals surface area (Å²) in [5.74, 6) is 1.52. The molecule has 0 aliphatic carbocycles. The van der Waals surface area contributed by atoms with Crippen LogP contribution >= 0.6 is 11.8 Å². The standard InChI is InChI=1S/C16H26FN3O2S2/c1-13(9-12-24(3,21)22)20-16(18-2)19-10-4-11-23-15-7-5-14(17)6-8-15/h5-8,13H,4,9-12H2,1-3H3,(H2,18,19,20). The lowest BCUT2D eigenvalue weighted by Gasteiger charge is -2.17. The number of hydrogen-bond acceptors (Lipinski definition) is 4. The molecule has 1 unspecified atom stereocenters. The summed E-state index contributed by atoms with van der Waals surface area (Å²) in [5, 5.41) is 6.39. The summed E-state index contributed by atoms with van der Waals surface area (Å²) in [7, 11) is -1.26. The van der Waals surface area contributed by atoms with Crippen molar-refractivity contribution in [2.75, 3.05) is 31.4 Å². The Hall–Kier alpha value is -1.28. The summed E-state index contributed by atoms with van der Waals surface area (Å²) < 4.78 is 35.2. The lowest BCUT2D eigenvalue weighted by Crippen LogP contribution is -2.43. The van der Waals surface area contributed by atoms with Crippen molar-refractivity contribution in [2.45, 2.75) is 30.7 Å². The molecule has 1 atom stereocenters. The van der Waals surface area contributed by atoms with E-state index >= 15 is 0 Å². The van der Waals surface area contributed by atoms with Crippen molar-refractivity contribution in [2.24, 2.45) is 4.99 Å². The van der Waals surface area contributed by atoms with E-state index in [1.54, 1.807) is 30.9 Å². The van der Waals surface area contributed by atoms with Gasteiger partial charge in [-0.2, -0.15) is 0 Å². The summed E-state index contributed by atoms with van der Waals surface area (Å²) in [4.78, 5) is 5.18. The number of hydrogen-bond donors (Lipinski definition) is 2. The highest BCUT2D eigenvalue weighted by molar-refractivity contribution is 7.99. The van der Waals surface area contributed by atoms with Crippen molar-refractivity contribution in [3.05, 3.63) is 30.1 Å². The molecule has 0 fully saturated rings. The van der Waals surface area contributed by atoms with Gasteiger partial charge in [0.2, 0.25) is 0 Å². The molecule has 2 N–H and O–H groups in total. The maximum absolute atomic E-state index is 12.8. The number of aliphatic imine (C=N–C) groups is 1. The number of sulfone groups is 1. The van der Waals surface area contributed by atoms with E-state index in [-0.39, 0.29) is 17.6 Å². The van der Waals surface area contributed by atoms with Crippen LogP contribution in [0.4, 0.5) is 4.39 Å². The third-order valence-corrected chi connectivity index (χ3v) is 5.30. The van der Waals surface area contributed by atoms with Crippen LogP contribution in [0.25, 0.3) is 0 Å². The van der Waals surface area contributed by atoms with E-state index in [4.69, 9.17) is 0 Å². The molecule has 8 heteroatoms. The van der Waals surface area contributed by atoms with Crippen LogP contribution in [0.5, 0.6) is 0 Å². The van der Waals surface area contributed by atoms with Gasteiger partial charge in [-0.3, -0.25) is 4.99 Å². The Bertz CT molecular complexity index is 619. The minimum Gasteiger partial charge on any atom is -0.356 e. The second-order valence-corrected chi connectivity index (χ2v) is 9.05. The molecule has 5 nitrogen and oxygen atoms in total. The Morgan fingerprint density at radius 2 is 2.00 bits per heavy atom. The highest BCUT2D eigenvalue weighted by Crippen LogP contribution is 2.18. The SMILES string of the molecule is CN=C(NCCCSc1ccc(F)cc1)NC(C)CCS(C)(=O)=O. The van der Waals surface area contributed by atoms with Crippen molar-refractivity contribution in [3.63, 3.8) is 0 Å². The fraction of sp³-hybridized carbons (Fsp3) is 0.562.